The summed E-state index contributed by atoms with van der Waals surface area (Å²) in [6.45, 7) is 3.97. The Labute approximate surface area is 156 Å². The van der Waals surface area contributed by atoms with Crippen molar-refractivity contribution in [2.24, 2.45) is 0 Å². The molecule has 0 aliphatic rings. The second kappa shape index (κ2) is 9.02. The van der Waals surface area contributed by atoms with Crippen molar-refractivity contribution in [1.29, 1.82) is 0 Å². The molecule has 27 heavy (non-hydrogen) atoms. The monoisotopic (exact) mass is 375 g/mol. The topological polar surface area (TPSA) is 84.9 Å². The quantitative estimate of drug-likeness (QED) is 0.740. The third kappa shape index (κ3) is 5.44. The van der Waals surface area contributed by atoms with Crippen molar-refractivity contribution in [2.75, 3.05) is 13.7 Å². The molecule has 0 bridgehead atoms. The third-order valence-corrected chi connectivity index (χ3v) is 3.98. The first-order valence-corrected chi connectivity index (χ1v) is 8.37. The summed E-state index contributed by atoms with van der Waals surface area (Å²) in [7, 11) is 1.31. The summed E-state index contributed by atoms with van der Waals surface area (Å²) >= 11 is 0. The average Bonchev–Trinajstić information content (AvgIpc) is 2.61. The second-order valence-electron chi connectivity index (χ2n) is 6.10. The van der Waals surface area contributed by atoms with E-state index in [1.807, 2.05) is 32.0 Å². The molecule has 144 valence electrons. The van der Waals surface area contributed by atoms with E-state index in [0.29, 0.717) is 5.75 Å². The van der Waals surface area contributed by atoms with Gasteiger partial charge in [-0.25, -0.2) is 9.18 Å². The van der Waals surface area contributed by atoms with E-state index in [4.69, 9.17) is 9.47 Å². The number of methoxy groups -OCH3 is 1. The summed E-state index contributed by atoms with van der Waals surface area (Å²) in [5.41, 5.74) is 2.17. The van der Waals surface area contributed by atoms with Gasteiger partial charge in [-0.05, 0) is 43.2 Å². The van der Waals surface area contributed by atoms with Gasteiger partial charge in [0.15, 0.2) is 17.6 Å². The number of aliphatic carboxylic acids is 1. The Morgan fingerprint density at radius 3 is 2.44 bits per heavy atom. The Hall–Kier alpha value is -3.09. The first kappa shape index (κ1) is 20.2. The van der Waals surface area contributed by atoms with Gasteiger partial charge in [-0.1, -0.05) is 23.8 Å². The van der Waals surface area contributed by atoms with Crippen LogP contribution in [0.3, 0.4) is 0 Å². The fourth-order valence-electron chi connectivity index (χ4n) is 2.60. The molecule has 0 fully saturated rings. The number of carbonyl (C=O) groups excluding carboxylic acids is 1. The van der Waals surface area contributed by atoms with Gasteiger partial charge in [-0.2, -0.15) is 0 Å². The van der Waals surface area contributed by atoms with Crippen LogP contribution in [0.1, 0.15) is 29.2 Å². The maximum Gasteiger partial charge on any atom is 0.330 e. The van der Waals surface area contributed by atoms with Crippen LogP contribution in [0.5, 0.6) is 11.5 Å². The zero-order valence-corrected chi connectivity index (χ0v) is 15.4. The predicted molar refractivity (Wildman–Crippen MR) is 97.5 cm³/mol. The van der Waals surface area contributed by atoms with Gasteiger partial charge in [-0.3, -0.25) is 4.79 Å². The first-order valence-electron chi connectivity index (χ1n) is 8.37. The van der Waals surface area contributed by atoms with Crippen LogP contribution in [0.25, 0.3) is 0 Å². The minimum atomic E-state index is -1.36. The summed E-state index contributed by atoms with van der Waals surface area (Å²) in [4.78, 5) is 23.6. The van der Waals surface area contributed by atoms with Crippen molar-refractivity contribution in [3.05, 3.63) is 58.9 Å². The summed E-state index contributed by atoms with van der Waals surface area (Å²) in [5, 5.41) is 11.7. The standard InChI is InChI=1S/C20H22FNO5/c1-12-4-6-16(13(2)10-12)27-9-8-18(23)22-19(20(24)25)14-5-7-17(26-3)15(21)11-14/h4-7,10-11,19H,8-9H2,1-3H3,(H,22,23)(H,24,25). The van der Waals surface area contributed by atoms with Gasteiger partial charge in [0.25, 0.3) is 0 Å². The number of nitrogens with one attached hydrogen (secondary N) is 1. The number of benzene rings is 2. The van der Waals surface area contributed by atoms with Crippen molar-refractivity contribution < 1.29 is 28.6 Å². The number of rotatable bonds is 8. The lowest BCUT2D eigenvalue weighted by Gasteiger charge is -2.16. The number of hydrogen-bond acceptors (Lipinski definition) is 4. The van der Waals surface area contributed by atoms with E-state index in [1.54, 1.807) is 0 Å². The predicted octanol–water partition coefficient (Wildman–Crippen LogP) is 3.16. The Bertz CT molecular complexity index is 837. The van der Waals surface area contributed by atoms with Gasteiger partial charge in [-0.15, -0.1) is 0 Å². The number of carboxylic acids is 1. The van der Waals surface area contributed by atoms with E-state index in [9.17, 15) is 19.1 Å². The van der Waals surface area contributed by atoms with Crippen LogP contribution in [0.2, 0.25) is 0 Å². The smallest absolute Gasteiger partial charge is 0.330 e. The molecule has 6 nitrogen and oxygen atoms in total. The van der Waals surface area contributed by atoms with Crippen molar-refractivity contribution in [2.45, 2.75) is 26.3 Å². The van der Waals surface area contributed by atoms with Crippen molar-refractivity contribution >= 4 is 11.9 Å². The van der Waals surface area contributed by atoms with Crippen LogP contribution in [0, 0.1) is 19.7 Å². The van der Waals surface area contributed by atoms with E-state index in [-0.39, 0.29) is 24.3 Å². The fourth-order valence-corrected chi connectivity index (χ4v) is 2.60. The molecule has 2 rings (SSSR count). The number of halogens is 1. The van der Waals surface area contributed by atoms with Crippen molar-refractivity contribution in [3.8, 4) is 11.5 Å². The molecule has 2 aromatic rings. The van der Waals surface area contributed by atoms with Crippen molar-refractivity contribution in [3.63, 3.8) is 0 Å². The number of carboxylic acid groups (broad SMARTS) is 1. The third-order valence-electron chi connectivity index (χ3n) is 3.98. The van der Waals surface area contributed by atoms with Gasteiger partial charge < -0.3 is 19.9 Å². The van der Waals surface area contributed by atoms with Crippen LogP contribution in [-0.2, 0) is 9.59 Å². The molecule has 0 aromatic heterocycles. The lowest BCUT2D eigenvalue weighted by atomic mass is 10.1. The zero-order valence-electron chi connectivity index (χ0n) is 15.4. The normalized spacial score (nSPS) is 11.6. The summed E-state index contributed by atoms with van der Waals surface area (Å²) < 4.78 is 24.2. The fraction of sp³-hybridized carbons (Fsp3) is 0.300. The van der Waals surface area contributed by atoms with Gasteiger partial charge in [0.2, 0.25) is 5.91 Å². The molecule has 2 N–H and O–H groups in total. The highest BCUT2D eigenvalue weighted by atomic mass is 19.1. The molecule has 0 saturated heterocycles. The van der Waals surface area contributed by atoms with Crippen LogP contribution in [-0.4, -0.2) is 30.7 Å². The Balaban J connectivity index is 1.96. The molecule has 0 aliphatic carbocycles. The minimum absolute atomic E-state index is 0.00363. The molecule has 1 unspecified atom stereocenters. The van der Waals surface area contributed by atoms with E-state index in [1.165, 1.54) is 19.2 Å². The average molecular weight is 375 g/mol. The van der Waals surface area contributed by atoms with E-state index < -0.39 is 23.7 Å². The summed E-state index contributed by atoms with van der Waals surface area (Å²) in [6, 6.07) is 8.07. The maximum absolute atomic E-state index is 13.8. The molecule has 0 heterocycles. The lowest BCUT2D eigenvalue weighted by molar-refractivity contribution is -0.142. The largest absolute Gasteiger partial charge is 0.494 e. The van der Waals surface area contributed by atoms with E-state index in [0.717, 1.165) is 17.2 Å². The van der Waals surface area contributed by atoms with E-state index in [2.05, 4.69) is 5.32 Å². The van der Waals surface area contributed by atoms with Crippen LogP contribution < -0.4 is 14.8 Å². The molecule has 7 heteroatoms. The molecular weight excluding hydrogens is 353 g/mol. The Kier molecular flexibility index (Phi) is 6.76. The van der Waals surface area contributed by atoms with Crippen molar-refractivity contribution in [1.82, 2.24) is 5.32 Å². The first-order chi connectivity index (χ1) is 12.8. The zero-order chi connectivity index (χ0) is 20.0. The van der Waals surface area contributed by atoms with E-state index >= 15 is 0 Å². The number of ether oxygens (including phenoxy) is 2. The molecule has 0 saturated carbocycles. The van der Waals surface area contributed by atoms with Crippen LogP contribution in [0.15, 0.2) is 36.4 Å². The molecule has 0 aliphatic heterocycles. The van der Waals surface area contributed by atoms with Gasteiger partial charge in [0, 0.05) is 0 Å². The van der Waals surface area contributed by atoms with Crippen LogP contribution >= 0.6 is 0 Å². The number of amides is 1. The SMILES string of the molecule is COc1ccc(C(NC(=O)CCOc2ccc(C)cc2C)C(=O)O)cc1F. The number of carbonyl (C=O) groups is 2. The molecule has 1 amide bonds. The van der Waals surface area contributed by atoms with Gasteiger partial charge in [0.05, 0.1) is 20.1 Å². The highest BCUT2D eigenvalue weighted by Crippen LogP contribution is 2.22. The Morgan fingerprint density at radius 1 is 1.15 bits per heavy atom. The molecule has 2 aromatic carbocycles. The molecule has 1 atom stereocenters. The lowest BCUT2D eigenvalue weighted by Crippen LogP contribution is -2.34. The molecule has 0 spiro atoms. The second-order valence-corrected chi connectivity index (χ2v) is 6.10. The highest BCUT2D eigenvalue weighted by Gasteiger charge is 2.23. The molecule has 0 radical (unpaired) electrons. The highest BCUT2D eigenvalue weighted by molar-refractivity contribution is 5.84. The summed E-state index contributed by atoms with van der Waals surface area (Å²) in [6.07, 6.45) is -0.0320. The number of aryl methyl sites for hydroxylation is 2. The van der Waals surface area contributed by atoms with Crippen LogP contribution in [0.4, 0.5) is 4.39 Å². The minimum Gasteiger partial charge on any atom is -0.494 e. The number of hydrogen-bond donors (Lipinski definition) is 2. The summed E-state index contributed by atoms with van der Waals surface area (Å²) in [5.74, 6) is -1.84. The molecular formula is C20H22FNO5. The Morgan fingerprint density at radius 2 is 1.85 bits per heavy atom. The van der Waals surface area contributed by atoms with Gasteiger partial charge >= 0.3 is 5.97 Å². The van der Waals surface area contributed by atoms with Gasteiger partial charge in [0.1, 0.15) is 5.75 Å². The maximum atomic E-state index is 13.8.